The van der Waals surface area contributed by atoms with E-state index < -0.39 is 0 Å². The van der Waals surface area contributed by atoms with Crippen LogP contribution in [0.2, 0.25) is 0 Å². The second-order valence-electron chi connectivity index (χ2n) is 5.11. The van der Waals surface area contributed by atoms with Gasteiger partial charge in [-0.1, -0.05) is 0 Å². The van der Waals surface area contributed by atoms with Gasteiger partial charge in [-0.05, 0) is 38.8 Å². The van der Waals surface area contributed by atoms with Gasteiger partial charge in [-0.2, -0.15) is 0 Å². The third-order valence-electron chi connectivity index (χ3n) is 3.93. The van der Waals surface area contributed by atoms with Crippen molar-refractivity contribution in [3.63, 3.8) is 0 Å². The van der Waals surface area contributed by atoms with Gasteiger partial charge < -0.3 is 19.7 Å². The monoisotopic (exact) mass is 242 g/mol. The Bertz CT molecular complexity index is 214. The first kappa shape index (κ1) is 13.3. The average molecular weight is 242 g/mol. The Morgan fingerprint density at radius 3 is 3.00 bits per heavy atom. The second-order valence-corrected chi connectivity index (χ2v) is 5.11. The Balaban J connectivity index is 1.51. The molecule has 0 bridgehead atoms. The number of hydrogen-bond donors (Lipinski definition) is 1. The third kappa shape index (κ3) is 4.21. The van der Waals surface area contributed by atoms with E-state index in [0.717, 1.165) is 19.2 Å². The molecule has 2 aliphatic heterocycles. The van der Waals surface area contributed by atoms with Crippen LogP contribution in [-0.2, 0) is 9.47 Å². The lowest BCUT2D eigenvalue weighted by Gasteiger charge is -2.35. The lowest BCUT2D eigenvalue weighted by Crippen LogP contribution is -2.46. The highest BCUT2D eigenvalue weighted by Crippen LogP contribution is 2.26. The highest BCUT2D eigenvalue weighted by Gasteiger charge is 2.31. The van der Waals surface area contributed by atoms with Crippen molar-refractivity contribution in [3.8, 4) is 0 Å². The molecule has 4 heteroatoms. The molecule has 0 aliphatic carbocycles. The van der Waals surface area contributed by atoms with Crippen LogP contribution in [0.4, 0.5) is 0 Å². The van der Waals surface area contributed by atoms with E-state index in [1.807, 2.05) is 0 Å². The van der Waals surface area contributed by atoms with Gasteiger partial charge in [0.15, 0.2) is 0 Å². The van der Waals surface area contributed by atoms with Crippen molar-refractivity contribution in [1.82, 2.24) is 10.2 Å². The molecule has 2 fully saturated rings. The van der Waals surface area contributed by atoms with Crippen LogP contribution < -0.4 is 5.32 Å². The largest absolute Gasteiger partial charge is 0.382 e. The molecule has 2 aliphatic rings. The first-order valence-corrected chi connectivity index (χ1v) is 6.94. The molecule has 0 saturated carbocycles. The van der Waals surface area contributed by atoms with Gasteiger partial charge in [0.2, 0.25) is 0 Å². The minimum atomic E-state index is 0.695. The predicted octanol–water partition coefficient (Wildman–Crippen LogP) is 0.866. The summed E-state index contributed by atoms with van der Waals surface area (Å²) >= 11 is 0. The molecule has 2 rings (SSSR count). The molecular weight excluding hydrogens is 216 g/mol. The van der Waals surface area contributed by atoms with E-state index in [1.165, 1.54) is 38.8 Å². The number of nitrogens with one attached hydrogen (secondary N) is 1. The van der Waals surface area contributed by atoms with Crippen molar-refractivity contribution >= 4 is 0 Å². The normalized spacial score (nSPS) is 29.5. The summed E-state index contributed by atoms with van der Waals surface area (Å²) in [5, 5.41) is 3.62. The Kier molecular flexibility index (Phi) is 5.71. The first-order valence-electron chi connectivity index (χ1n) is 6.94. The Morgan fingerprint density at radius 2 is 2.12 bits per heavy atom. The van der Waals surface area contributed by atoms with Gasteiger partial charge in [0, 0.05) is 25.7 Å². The highest BCUT2D eigenvalue weighted by atomic mass is 16.5. The van der Waals surface area contributed by atoms with E-state index in [2.05, 4.69) is 10.2 Å². The zero-order valence-electron chi connectivity index (χ0n) is 11.0. The maximum absolute atomic E-state index is 5.45. The van der Waals surface area contributed by atoms with Crippen LogP contribution in [0.1, 0.15) is 25.7 Å². The molecule has 0 radical (unpaired) electrons. The minimum Gasteiger partial charge on any atom is -0.382 e. The third-order valence-corrected chi connectivity index (χ3v) is 3.93. The molecule has 0 spiro atoms. The number of piperidine rings is 1. The minimum absolute atomic E-state index is 0.695. The Morgan fingerprint density at radius 1 is 1.18 bits per heavy atom. The fraction of sp³-hybridized carbons (Fsp3) is 1.00. The van der Waals surface area contributed by atoms with E-state index in [4.69, 9.17) is 9.47 Å². The average Bonchev–Trinajstić information content (AvgIpc) is 2.81. The molecule has 2 saturated heterocycles. The zero-order chi connectivity index (χ0) is 11.9. The lowest BCUT2D eigenvalue weighted by molar-refractivity contribution is 0.0690. The Labute approximate surface area is 105 Å². The van der Waals surface area contributed by atoms with Gasteiger partial charge >= 0.3 is 0 Å². The van der Waals surface area contributed by atoms with Crippen LogP contribution in [0.3, 0.4) is 0 Å². The summed E-state index contributed by atoms with van der Waals surface area (Å²) in [7, 11) is 1.71. The van der Waals surface area contributed by atoms with Crippen molar-refractivity contribution in [2.75, 3.05) is 46.6 Å². The van der Waals surface area contributed by atoms with Crippen molar-refractivity contribution in [2.24, 2.45) is 0 Å². The number of nitrogens with zero attached hydrogens (tertiary/aromatic N) is 1. The molecular formula is C13H26N2O2. The molecule has 4 nitrogen and oxygen atoms in total. The van der Waals surface area contributed by atoms with Gasteiger partial charge in [-0.25, -0.2) is 0 Å². The molecule has 2 atom stereocenters. The van der Waals surface area contributed by atoms with Gasteiger partial charge in [0.25, 0.3) is 0 Å². The van der Waals surface area contributed by atoms with Crippen LogP contribution >= 0.6 is 0 Å². The SMILES string of the molecule is COCCOCCNC1CCN2CCCC2C1. The molecule has 0 aromatic heterocycles. The van der Waals surface area contributed by atoms with Gasteiger partial charge in [-0.15, -0.1) is 0 Å². The summed E-state index contributed by atoms with van der Waals surface area (Å²) in [6.07, 6.45) is 5.44. The number of fused-ring (bicyclic) bond motifs is 1. The standard InChI is InChI=1S/C13H26N2O2/c1-16-9-10-17-8-5-14-12-4-7-15-6-2-3-13(15)11-12/h12-14H,2-11H2,1H3. The topological polar surface area (TPSA) is 33.7 Å². The zero-order valence-corrected chi connectivity index (χ0v) is 11.0. The van der Waals surface area contributed by atoms with Crippen molar-refractivity contribution in [2.45, 2.75) is 37.8 Å². The van der Waals surface area contributed by atoms with E-state index in [-0.39, 0.29) is 0 Å². The molecule has 100 valence electrons. The molecule has 0 amide bonds. The summed E-state index contributed by atoms with van der Waals surface area (Å²) in [5.41, 5.74) is 0. The Hall–Kier alpha value is -0.160. The summed E-state index contributed by atoms with van der Waals surface area (Å²) < 4.78 is 10.4. The van der Waals surface area contributed by atoms with Crippen LogP contribution in [0.25, 0.3) is 0 Å². The van der Waals surface area contributed by atoms with E-state index >= 15 is 0 Å². The van der Waals surface area contributed by atoms with Gasteiger partial charge in [0.1, 0.15) is 0 Å². The fourth-order valence-corrected chi connectivity index (χ4v) is 2.99. The quantitative estimate of drug-likeness (QED) is 0.672. The van der Waals surface area contributed by atoms with Crippen molar-refractivity contribution in [3.05, 3.63) is 0 Å². The summed E-state index contributed by atoms with van der Waals surface area (Å²) in [6.45, 7) is 5.79. The van der Waals surface area contributed by atoms with Crippen molar-refractivity contribution < 1.29 is 9.47 Å². The summed E-state index contributed by atoms with van der Waals surface area (Å²) in [5.74, 6) is 0. The fourth-order valence-electron chi connectivity index (χ4n) is 2.99. The van der Waals surface area contributed by atoms with Crippen molar-refractivity contribution in [1.29, 1.82) is 0 Å². The van der Waals surface area contributed by atoms with Crippen LogP contribution in [0.5, 0.6) is 0 Å². The van der Waals surface area contributed by atoms with Gasteiger partial charge in [-0.3, -0.25) is 0 Å². The predicted molar refractivity (Wildman–Crippen MR) is 68.3 cm³/mol. The smallest absolute Gasteiger partial charge is 0.0700 e. The summed E-state index contributed by atoms with van der Waals surface area (Å²) in [4.78, 5) is 2.66. The molecule has 0 aromatic carbocycles. The number of rotatable bonds is 7. The van der Waals surface area contributed by atoms with E-state index in [1.54, 1.807) is 7.11 Å². The highest BCUT2D eigenvalue weighted by molar-refractivity contribution is 4.88. The van der Waals surface area contributed by atoms with E-state index in [0.29, 0.717) is 19.3 Å². The molecule has 0 aromatic rings. The lowest BCUT2D eigenvalue weighted by atomic mass is 9.98. The maximum Gasteiger partial charge on any atom is 0.0700 e. The number of methoxy groups -OCH3 is 1. The molecule has 2 unspecified atom stereocenters. The van der Waals surface area contributed by atoms with Crippen LogP contribution in [0.15, 0.2) is 0 Å². The second kappa shape index (κ2) is 7.31. The number of ether oxygens (including phenoxy) is 2. The maximum atomic E-state index is 5.45. The molecule has 17 heavy (non-hydrogen) atoms. The number of hydrogen-bond acceptors (Lipinski definition) is 4. The van der Waals surface area contributed by atoms with Crippen LogP contribution in [0, 0.1) is 0 Å². The molecule has 2 heterocycles. The first-order chi connectivity index (χ1) is 8.40. The van der Waals surface area contributed by atoms with Gasteiger partial charge in [0.05, 0.1) is 19.8 Å². The molecule has 1 N–H and O–H groups in total. The summed E-state index contributed by atoms with van der Waals surface area (Å²) in [6, 6.07) is 1.57. The van der Waals surface area contributed by atoms with Crippen LogP contribution in [-0.4, -0.2) is 63.5 Å². The van der Waals surface area contributed by atoms with E-state index in [9.17, 15) is 0 Å².